The molecule has 5 heteroatoms. The molecule has 2 atom stereocenters. The molecular weight excluding hydrogens is 163 g/mol. The third-order valence-corrected chi connectivity index (χ3v) is 2.71. The number of nitrogens with one attached hydrogen (secondary N) is 1. The Bertz CT molecular complexity index is 223. The van der Waals surface area contributed by atoms with Crippen molar-refractivity contribution in [3.8, 4) is 0 Å². The van der Waals surface area contributed by atoms with Gasteiger partial charge < -0.3 is 15.3 Å². The van der Waals surface area contributed by atoms with Crippen molar-refractivity contribution >= 4 is 6.09 Å². The Morgan fingerprint density at radius 1 is 1.75 bits per heavy atom. The minimum atomic E-state index is -1.31. The van der Waals surface area contributed by atoms with Crippen LogP contribution in [-0.2, 0) is 0 Å². The highest BCUT2D eigenvalue weighted by Gasteiger charge is 2.51. The average Bonchev–Trinajstić information content (AvgIpc) is 2.41. The van der Waals surface area contributed by atoms with Crippen LogP contribution in [0.15, 0.2) is 0 Å². The maximum atomic E-state index is 13.7. The Morgan fingerprint density at radius 3 is 3.08 bits per heavy atom. The number of fused-ring (bicyclic) bond motifs is 1. The number of carboxylic acid groups (broad SMARTS) is 1. The summed E-state index contributed by atoms with van der Waals surface area (Å²) in [4.78, 5) is 11.7. The van der Waals surface area contributed by atoms with Crippen LogP contribution in [0, 0.1) is 5.92 Å². The SMILES string of the molecule is O=C(O)N1CC2CNCC2(F)C1. The quantitative estimate of drug-likeness (QED) is 0.539. The van der Waals surface area contributed by atoms with E-state index in [0.29, 0.717) is 19.6 Å². The molecule has 2 aliphatic rings. The molecule has 1 amide bonds. The minimum absolute atomic E-state index is 0.0278. The molecule has 68 valence electrons. The average molecular weight is 174 g/mol. The summed E-state index contributed by atoms with van der Waals surface area (Å²) in [6, 6.07) is 0. The van der Waals surface area contributed by atoms with Crippen LogP contribution in [0.1, 0.15) is 0 Å². The summed E-state index contributed by atoms with van der Waals surface area (Å²) in [5, 5.41) is 11.6. The molecule has 0 spiro atoms. The van der Waals surface area contributed by atoms with Crippen molar-refractivity contribution in [2.45, 2.75) is 5.67 Å². The van der Waals surface area contributed by atoms with Gasteiger partial charge in [-0.05, 0) is 0 Å². The highest BCUT2D eigenvalue weighted by Crippen LogP contribution is 2.34. The normalized spacial score (nSPS) is 40.1. The Kier molecular flexibility index (Phi) is 1.51. The summed E-state index contributed by atoms with van der Waals surface area (Å²) in [6.45, 7) is 1.25. The van der Waals surface area contributed by atoms with Crippen molar-refractivity contribution in [1.29, 1.82) is 0 Å². The largest absolute Gasteiger partial charge is 0.465 e. The van der Waals surface area contributed by atoms with Gasteiger partial charge in [0.2, 0.25) is 0 Å². The van der Waals surface area contributed by atoms with E-state index in [1.807, 2.05) is 0 Å². The molecule has 0 saturated carbocycles. The fraction of sp³-hybridized carbons (Fsp3) is 0.857. The van der Waals surface area contributed by atoms with E-state index in [-0.39, 0.29) is 12.5 Å². The molecule has 0 aromatic carbocycles. The van der Waals surface area contributed by atoms with Crippen LogP contribution in [0.25, 0.3) is 0 Å². The lowest BCUT2D eigenvalue weighted by atomic mass is 9.97. The number of hydrogen-bond acceptors (Lipinski definition) is 2. The lowest BCUT2D eigenvalue weighted by Crippen LogP contribution is -2.36. The van der Waals surface area contributed by atoms with E-state index in [4.69, 9.17) is 5.11 Å². The second-order valence-electron chi connectivity index (χ2n) is 3.53. The lowest BCUT2D eigenvalue weighted by Gasteiger charge is -2.16. The summed E-state index contributed by atoms with van der Waals surface area (Å²) >= 11 is 0. The van der Waals surface area contributed by atoms with E-state index < -0.39 is 11.8 Å². The monoisotopic (exact) mass is 174 g/mol. The third kappa shape index (κ3) is 0.964. The van der Waals surface area contributed by atoms with Gasteiger partial charge in [0.05, 0.1) is 6.54 Å². The maximum Gasteiger partial charge on any atom is 0.407 e. The van der Waals surface area contributed by atoms with Gasteiger partial charge in [0.25, 0.3) is 0 Å². The minimum Gasteiger partial charge on any atom is -0.465 e. The molecule has 4 nitrogen and oxygen atoms in total. The van der Waals surface area contributed by atoms with E-state index in [1.165, 1.54) is 0 Å². The lowest BCUT2D eigenvalue weighted by molar-refractivity contribution is 0.135. The Morgan fingerprint density at radius 2 is 2.50 bits per heavy atom. The molecule has 0 bridgehead atoms. The Balaban J connectivity index is 2.11. The molecular formula is C7H11FN2O2. The molecule has 0 aromatic rings. The molecule has 2 saturated heterocycles. The van der Waals surface area contributed by atoms with Gasteiger partial charge in [-0.3, -0.25) is 0 Å². The summed E-state index contributed by atoms with van der Waals surface area (Å²) < 4.78 is 13.7. The van der Waals surface area contributed by atoms with Gasteiger partial charge >= 0.3 is 6.09 Å². The first kappa shape index (κ1) is 7.79. The van der Waals surface area contributed by atoms with E-state index >= 15 is 0 Å². The van der Waals surface area contributed by atoms with Gasteiger partial charge in [0.15, 0.2) is 0 Å². The number of nitrogens with zero attached hydrogens (tertiary/aromatic N) is 1. The molecule has 2 fully saturated rings. The van der Waals surface area contributed by atoms with Crippen molar-refractivity contribution in [3.05, 3.63) is 0 Å². The van der Waals surface area contributed by atoms with Crippen molar-refractivity contribution < 1.29 is 14.3 Å². The number of halogens is 1. The third-order valence-electron chi connectivity index (χ3n) is 2.71. The number of likely N-dealkylation sites (tertiary alicyclic amines) is 1. The fourth-order valence-corrected chi connectivity index (χ4v) is 1.99. The van der Waals surface area contributed by atoms with Gasteiger partial charge in [0.1, 0.15) is 5.67 Å². The summed E-state index contributed by atoms with van der Waals surface area (Å²) in [6.07, 6.45) is -1.01. The highest BCUT2D eigenvalue weighted by atomic mass is 19.1. The van der Waals surface area contributed by atoms with Gasteiger partial charge in [-0.1, -0.05) is 0 Å². The zero-order valence-electron chi connectivity index (χ0n) is 6.59. The molecule has 2 heterocycles. The highest BCUT2D eigenvalue weighted by molar-refractivity contribution is 5.65. The van der Waals surface area contributed by atoms with E-state index in [1.54, 1.807) is 0 Å². The van der Waals surface area contributed by atoms with E-state index in [9.17, 15) is 9.18 Å². The number of rotatable bonds is 0. The van der Waals surface area contributed by atoms with Crippen molar-refractivity contribution in [1.82, 2.24) is 10.2 Å². The Labute approximate surface area is 69.3 Å². The van der Waals surface area contributed by atoms with Crippen molar-refractivity contribution in [3.63, 3.8) is 0 Å². The summed E-state index contributed by atoms with van der Waals surface area (Å²) in [5.74, 6) is -0.145. The summed E-state index contributed by atoms with van der Waals surface area (Å²) in [5.41, 5.74) is -1.31. The van der Waals surface area contributed by atoms with Crippen LogP contribution in [-0.4, -0.2) is 47.9 Å². The van der Waals surface area contributed by atoms with Crippen LogP contribution in [0.3, 0.4) is 0 Å². The first-order valence-electron chi connectivity index (χ1n) is 3.99. The number of amides is 1. The smallest absolute Gasteiger partial charge is 0.407 e. The molecule has 2 aliphatic heterocycles. The van der Waals surface area contributed by atoms with Crippen molar-refractivity contribution in [2.24, 2.45) is 5.92 Å². The molecule has 2 unspecified atom stereocenters. The van der Waals surface area contributed by atoms with Gasteiger partial charge in [-0.2, -0.15) is 0 Å². The summed E-state index contributed by atoms with van der Waals surface area (Å²) in [7, 11) is 0. The van der Waals surface area contributed by atoms with Gasteiger partial charge in [-0.15, -0.1) is 0 Å². The van der Waals surface area contributed by atoms with Crippen LogP contribution in [0.2, 0.25) is 0 Å². The van der Waals surface area contributed by atoms with Crippen LogP contribution >= 0.6 is 0 Å². The zero-order chi connectivity index (χ0) is 8.77. The standard InChI is InChI=1S/C7H11FN2O2/c8-7-3-9-1-5(7)2-10(4-7)6(11)12/h5,9H,1-4H2,(H,11,12). The molecule has 12 heavy (non-hydrogen) atoms. The van der Waals surface area contributed by atoms with Crippen LogP contribution in [0.4, 0.5) is 9.18 Å². The van der Waals surface area contributed by atoms with Gasteiger partial charge in [-0.25, -0.2) is 9.18 Å². The molecule has 0 aliphatic carbocycles. The van der Waals surface area contributed by atoms with Crippen LogP contribution < -0.4 is 5.32 Å². The fourth-order valence-electron chi connectivity index (χ4n) is 1.99. The Hall–Kier alpha value is -0.840. The molecule has 2 rings (SSSR count). The number of hydrogen-bond donors (Lipinski definition) is 2. The zero-order valence-corrected chi connectivity index (χ0v) is 6.59. The first-order chi connectivity index (χ1) is 5.62. The molecule has 0 aromatic heterocycles. The molecule has 0 radical (unpaired) electrons. The first-order valence-corrected chi connectivity index (χ1v) is 3.99. The topological polar surface area (TPSA) is 52.6 Å². The predicted octanol–water partition coefficient (Wildman–Crippen LogP) is -0.0923. The second kappa shape index (κ2) is 2.32. The molecule has 2 N–H and O–H groups in total. The van der Waals surface area contributed by atoms with Crippen molar-refractivity contribution in [2.75, 3.05) is 26.2 Å². The maximum absolute atomic E-state index is 13.7. The van der Waals surface area contributed by atoms with E-state index in [2.05, 4.69) is 5.32 Å². The second-order valence-corrected chi connectivity index (χ2v) is 3.53. The van der Waals surface area contributed by atoms with E-state index in [0.717, 1.165) is 4.90 Å². The predicted molar refractivity (Wildman–Crippen MR) is 39.8 cm³/mol. The number of carbonyl (C=O) groups is 1. The van der Waals surface area contributed by atoms with Gasteiger partial charge in [0, 0.05) is 25.6 Å². The number of alkyl halides is 1. The van der Waals surface area contributed by atoms with Crippen LogP contribution in [0.5, 0.6) is 0 Å².